The number of para-hydroxylation sites is 1. The molecule has 0 saturated carbocycles. The first-order valence-corrected chi connectivity index (χ1v) is 6.43. The van der Waals surface area contributed by atoms with Crippen LogP contribution in [0.3, 0.4) is 0 Å². The molecular weight excluding hydrogens is 262 g/mol. The minimum Gasteiger partial charge on any atom is -0.778 e. The van der Waals surface area contributed by atoms with Crippen molar-refractivity contribution in [1.82, 2.24) is 0 Å². The fourth-order valence-corrected chi connectivity index (χ4v) is 2.36. The summed E-state index contributed by atoms with van der Waals surface area (Å²) in [7, 11) is 0. The zero-order valence-electron chi connectivity index (χ0n) is 10.2. The number of nitrogens with one attached hydrogen (secondary N) is 1. The number of rotatable bonds is 3. The molecule has 2 rings (SSSR count). The lowest BCUT2D eigenvalue weighted by Gasteiger charge is -2.28. The summed E-state index contributed by atoms with van der Waals surface area (Å²) in [6, 6.07) is 6.96. The van der Waals surface area contributed by atoms with Crippen molar-refractivity contribution < 1.29 is 14.7 Å². The summed E-state index contributed by atoms with van der Waals surface area (Å²) < 4.78 is 0. The van der Waals surface area contributed by atoms with E-state index in [0.29, 0.717) is 23.4 Å². The molecule has 1 aliphatic rings. The first kappa shape index (κ1) is 13.5. The molecule has 2 unspecified atom stereocenters. The highest BCUT2D eigenvalue weighted by molar-refractivity contribution is 7.59. The normalized spacial score (nSPS) is 21.9. The number of allylic oxidation sites excluding steroid dienone is 2. The Bertz CT molecular complexity index is 527. The molecule has 1 aromatic carbocycles. The molecule has 0 fully saturated rings. The number of carbonyl (C=O) groups is 2. The average molecular weight is 275 g/mol. The molecule has 0 heterocycles. The van der Waals surface area contributed by atoms with E-state index in [1.807, 2.05) is 6.08 Å². The van der Waals surface area contributed by atoms with Gasteiger partial charge >= 0.3 is 0 Å². The number of benzene rings is 1. The smallest absolute Gasteiger partial charge is 0.228 e. The van der Waals surface area contributed by atoms with E-state index in [1.165, 1.54) is 0 Å². The van der Waals surface area contributed by atoms with Gasteiger partial charge in [0.25, 0.3) is 0 Å². The molecule has 19 heavy (non-hydrogen) atoms. The van der Waals surface area contributed by atoms with E-state index < -0.39 is 17.8 Å². The van der Waals surface area contributed by atoms with E-state index >= 15 is 0 Å². The third kappa shape index (κ3) is 3.12. The minimum absolute atomic E-state index is 0.323. The van der Waals surface area contributed by atoms with Crippen LogP contribution in [0.15, 0.2) is 41.3 Å². The molecule has 0 aliphatic heterocycles. The summed E-state index contributed by atoms with van der Waals surface area (Å²) in [6.45, 7) is 0. The van der Waals surface area contributed by atoms with Gasteiger partial charge in [-0.25, -0.2) is 0 Å². The van der Waals surface area contributed by atoms with E-state index in [4.69, 9.17) is 12.6 Å². The van der Waals surface area contributed by atoms with Gasteiger partial charge in [0, 0.05) is 17.6 Å². The largest absolute Gasteiger partial charge is 0.778 e. The van der Waals surface area contributed by atoms with Crippen molar-refractivity contribution in [1.29, 1.82) is 0 Å². The Hall–Kier alpha value is -1.88. The SMILES string of the molecule is O=C([O-])C1CC=CCC1C(=O)Nc1ccccc1[S-]. The Morgan fingerprint density at radius 1 is 1.16 bits per heavy atom. The monoisotopic (exact) mass is 275 g/mol. The minimum atomic E-state index is -1.18. The molecule has 1 aliphatic carbocycles. The lowest BCUT2D eigenvalue weighted by Crippen LogP contribution is -2.41. The van der Waals surface area contributed by atoms with Crippen LogP contribution in [0.25, 0.3) is 0 Å². The predicted octanol–water partition coefficient (Wildman–Crippen LogP) is 0.863. The maximum atomic E-state index is 12.2. The van der Waals surface area contributed by atoms with E-state index in [0.717, 1.165) is 0 Å². The van der Waals surface area contributed by atoms with Crippen LogP contribution in [-0.4, -0.2) is 11.9 Å². The maximum absolute atomic E-state index is 12.2. The summed E-state index contributed by atoms with van der Waals surface area (Å²) >= 11 is 5.10. The summed E-state index contributed by atoms with van der Waals surface area (Å²) in [6.07, 6.45) is 4.33. The molecule has 0 radical (unpaired) electrons. The van der Waals surface area contributed by atoms with Crippen LogP contribution >= 0.6 is 0 Å². The van der Waals surface area contributed by atoms with Crippen LogP contribution in [0.1, 0.15) is 12.8 Å². The molecule has 2 atom stereocenters. The summed E-state index contributed by atoms with van der Waals surface area (Å²) in [4.78, 5) is 23.7. The average Bonchev–Trinajstić information content (AvgIpc) is 2.41. The van der Waals surface area contributed by atoms with Gasteiger partial charge in [0.05, 0.1) is 5.92 Å². The van der Waals surface area contributed by atoms with Crippen LogP contribution in [0.4, 0.5) is 5.69 Å². The summed E-state index contributed by atoms with van der Waals surface area (Å²) in [5.41, 5.74) is 0.536. The number of carboxylic acid groups (broad SMARTS) is 1. The van der Waals surface area contributed by atoms with Crippen molar-refractivity contribution in [3.05, 3.63) is 36.4 Å². The highest BCUT2D eigenvalue weighted by Crippen LogP contribution is 2.27. The zero-order chi connectivity index (χ0) is 13.8. The van der Waals surface area contributed by atoms with Crippen LogP contribution in [0.5, 0.6) is 0 Å². The highest BCUT2D eigenvalue weighted by atomic mass is 32.1. The number of amides is 1. The maximum Gasteiger partial charge on any atom is 0.228 e. The van der Waals surface area contributed by atoms with Crippen molar-refractivity contribution in [2.45, 2.75) is 17.7 Å². The summed E-state index contributed by atoms with van der Waals surface area (Å²) in [5.74, 6) is -2.89. The molecule has 1 amide bonds. The van der Waals surface area contributed by atoms with E-state index in [1.54, 1.807) is 30.3 Å². The standard InChI is InChI=1S/C14H15NO3S/c16-13(15-11-7-3-4-8-12(11)19)9-5-1-2-6-10(9)14(17)18/h1-4,7-10,19H,5-6H2,(H,15,16)(H,17,18)/p-2. The lowest BCUT2D eigenvalue weighted by atomic mass is 9.82. The van der Waals surface area contributed by atoms with Gasteiger partial charge in [-0.1, -0.05) is 30.4 Å². The zero-order valence-corrected chi connectivity index (χ0v) is 11.0. The van der Waals surface area contributed by atoms with Gasteiger partial charge in [-0.2, -0.15) is 4.90 Å². The first-order chi connectivity index (χ1) is 9.09. The Morgan fingerprint density at radius 2 is 1.79 bits per heavy atom. The van der Waals surface area contributed by atoms with Crippen LogP contribution < -0.4 is 10.4 Å². The lowest BCUT2D eigenvalue weighted by molar-refractivity contribution is -0.313. The molecule has 0 aromatic heterocycles. The van der Waals surface area contributed by atoms with Crippen molar-refractivity contribution >= 4 is 30.2 Å². The van der Waals surface area contributed by atoms with Gasteiger partial charge in [-0.3, -0.25) is 4.79 Å². The van der Waals surface area contributed by atoms with Gasteiger partial charge in [0.15, 0.2) is 0 Å². The number of carboxylic acids is 1. The second-order valence-corrected chi connectivity index (χ2v) is 4.90. The predicted molar refractivity (Wildman–Crippen MR) is 71.1 cm³/mol. The van der Waals surface area contributed by atoms with Gasteiger partial charge in [0.1, 0.15) is 0 Å². The van der Waals surface area contributed by atoms with Crippen LogP contribution in [-0.2, 0) is 22.2 Å². The molecule has 0 saturated heterocycles. The number of hydrogen-bond acceptors (Lipinski definition) is 4. The van der Waals surface area contributed by atoms with Crippen molar-refractivity contribution in [2.24, 2.45) is 11.8 Å². The third-order valence-corrected chi connectivity index (χ3v) is 3.57. The van der Waals surface area contributed by atoms with Crippen molar-refractivity contribution in [2.75, 3.05) is 5.32 Å². The molecule has 100 valence electrons. The topological polar surface area (TPSA) is 69.2 Å². The fraction of sp³-hybridized carbons (Fsp3) is 0.286. The van der Waals surface area contributed by atoms with Crippen molar-refractivity contribution in [3.63, 3.8) is 0 Å². The van der Waals surface area contributed by atoms with Gasteiger partial charge in [0.2, 0.25) is 5.91 Å². The molecule has 1 N–H and O–H groups in total. The molecule has 0 bridgehead atoms. The Balaban J connectivity index is 2.13. The first-order valence-electron chi connectivity index (χ1n) is 6.02. The number of hydrogen-bond donors (Lipinski definition) is 1. The highest BCUT2D eigenvalue weighted by Gasteiger charge is 2.29. The summed E-state index contributed by atoms with van der Waals surface area (Å²) in [5, 5.41) is 13.7. The van der Waals surface area contributed by atoms with Gasteiger partial charge < -0.3 is 27.8 Å². The molecule has 1 aromatic rings. The van der Waals surface area contributed by atoms with Crippen LogP contribution in [0.2, 0.25) is 0 Å². The third-order valence-electron chi connectivity index (χ3n) is 3.22. The van der Waals surface area contributed by atoms with Crippen molar-refractivity contribution in [3.8, 4) is 0 Å². The molecule has 5 heteroatoms. The van der Waals surface area contributed by atoms with E-state index in [9.17, 15) is 14.7 Å². The second-order valence-electron chi connectivity index (χ2n) is 4.46. The van der Waals surface area contributed by atoms with Gasteiger partial charge in [-0.15, -0.1) is 0 Å². The number of anilines is 1. The fourth-order valence-electron chi connectivity index (χ4n) is 2.16. The Kier molecular flexibility index (Phi) is 4.16. The van der Waals surface area contributed by atoms with Gasteiger partial charge in [-0.05, 0) is 18.9 Å². The second kappa shape index (κ2) is 5.84. The quantitative estimate of drug-likeness (QED) is 0.656. The molecule has 4 nitrogen and oxygen atoms in total. The molecule has 0 spiro atoms. The van der Waals surface area contributed by atoms with E-state index in [2.05, 4.69) is 5.32 Å². The number of carbonyl (C=O) groups excluding carboxylic acids is 2. The number of aliphatic carboxylic acids is 1. The van der Waals surface area contributed by atoms with E-state index in [-0.39, 0.29) is 5.91 Å². The molecular formula is C14H13NO3S-2. The Morgan fingerprint density at radius 3 is 2.42 bits per heavy atom. The van der Waals surface area contributed by atoms with Crippen LogP contribution in [0, 0.1) is 11.8 Å². The Labute approximate surface area is 116 Å².